The fraction of sp³-hybridized carbons (Fsp3) is 0.579. The Hall–Kier alpha value is -1.30. The van der Waals surface area contributed by atoms with E-state index in [0.717, 1.165) is 25.8 Å². The van der Waals surface area contributed by atoms with Gasteiger partial charge in [-0.2, -0.15) is 0 Å². The number of rotatable bonds is 3. The molecule has 3 unspecified atom stereocenters. The van der Waals surface area contributed by atoms with Gasteiger partial charge in [-0.15, -0.1) is 0 Å². The number of nitrogens with two attached hydrogens (primary N) is 1. The minimum atomic E-state index is -0.399. The van der Waals surface area contributed by atoms with Gasteiger partial charge in [0, 0.05) is 31.2 Å². The lowest BCUT2D eigenvalue weighted by molar-refractivity contribution is -0.137. The Morgan fingerprint density at radius 1 is 1.15 bits per heavy atom. The van der Waals surface area contributed by atoms with Gasteiger partial charge >= 0.3 is 0 Å². The van der Waals surface area contributed by atoms with Crippen LogP contribution >= 0.6 is 23.2 Å². The predicted molar refractivity (Wildman–Crippen MR) is 103 cm³/mol. The Balaban J connectivity index is 1.73. The number of amides is 2. The summed E-state index contributed by atoms with van der Waals surface area (Å²) in [5, 5.41) is 0.753. The summed E-state index contributed by atoms with van der Waals surface area (Å²) in [4.78, 5) is 29.6. The molecule has 3 atom stereocenters. The van der Waals surface area contributed by atoms with E-state index in [9.17, 15) is 9.59 Å². The highest BCUT2D eigenvalue weighted by molar-refractivity contribution is 6.42. The van der Waals surface area contributed by atoms with Crippen molar-refractivity contribution in [1.82, 2.24) is 9.80 Å². The van der Waals surface area contributed by atoms with Crippen LogP contribution in [-0.2, 0) is 4.79 Å². The molecule has 0 saturated carbocycles. The highest BCUT2D eigenvalue weighted by atomic mass is 35.5. The fourth-order valence-electron chi connectivity index (χ4n) is 3.91. The van der Waals surface area contributed by atoms with Crippen molar-refractivity contribution in [3.8, 4) is 0 Å². The van der Waals surface area contributed by atoms with Crippen molar-refractivity contribution in [2.75, 3.05) is 19.6 Å². The summed E-state index contributed by atoms with van der Waals surface area (Å²) in [6.45, 7) is 4.00. The van der Waals surface area contributed by atoms with Crippen LogP contribution in [0.5, 0.6) is 0 Å². The normalized spacial score (nSPS) is 24.6. The standard InChI is InChI=1S/C19H25Cl2N3O2/c1-12(22)14-4-2-8-23(11-14)19(26)17-5-3-9-24(17)18(25)13-6-7-15(20)16(21)10-13/h6-7,10,12,14,17H,2-5,8-9,11,22H2,1H3. The first-order chi connectivity index (χ1) is 12.4. The quantitative estimate of drug-likeness (QED) is 0.851. The molecule has 26 heavy (non-hydrogen) atoms. The molecule has 2 heterocycles. The summed E-state index contributed by atoms with van der Waals surface area (Å²) in [6.07, 6.45) is 3.54. The third-order valence-electron chi connectivity index (χ3n) is 5.48. The van der Waals surface area contributed by atoms with Gasteiger partial charge in [0.1, 0.15) is 6.04 Å². The van der Waals surface area contributed by atoms with Gasteiger partial charge < -0.3 is 15.5 Å². The van der Waals surface area contributed by atoms with Crippen LogP contribution in [0.2, 0.25) is 10.0 Å². The first kappa shape index (κ1) is 19.5. The monoisotopic (exact) mass is 397 g/mol. The second kappa shape index (κ2) is 8.15. The third kappa shape index (κ3) is 4.00. The molecule has 2 N–H and O–H groups in total. The van der Waals surface area contributed by atoms with Gasteiger partial charge in [-0.05, 0) is 56.7 Å². The highest BCUT2D eigenvalue weighted by Crippen LogP contribution is 2.28. The number of carbonyl (C=O) groups is 2. The molecule has 5 nitrogen and oxygen atoms in total. The van der Waals surface area contributed by atoms with Gasteiger partial charge in [0.15, 0.2) is 0 Å². The van der Waals surface area contributed by atoms with Crippen LogP contribution in [0.4, 0.5) is 0 Å². The predicted octanol–water partition coefficient (Wildman–Crippen LogP) is 3.18. The molecule has 142 valence electrons. The van der Waals surface area contributed by atoms with Crippen LogP contribution in [0.1, 0.15) is 43.0 Å². The molecule has 0 aromatic heterocycles. The van der Waals surface area contributed by atoms with Crippen molar-refractivity contribution in [3.05, 3.63) is 33.8 Å². The number of hydrogen-bond donors (Lipinski definition) is 1. The molecule has 7 heteroatoms. The molecule has 2 amide bonds. The number of carbonyl (C=O) groups excluding carboxylic acids is 2. The number of hydrogen-bond acceptors (Lipinski definition) is 3. The van der Waals surface area contributed by atoms with Crippen molar-refractivity contribution in [1.29, 1.82) is 0 Å². The molecule has 0 spiro atoms. The Kier molecular flexibility index (Phi) is 6.10. The summed E-state index contributed by atoms with van der Waals surface area (Å²) in [5.41, 5.74) is 6.50. The maximum absolute atomic E-state index is 13.1. The SMILES string of the molecule is CC(N)C1CCCN(C(=O)C2CCCN2C(=O)c2ccc(Cl)c(Cl)c2)C1. The van der Waals surface area contributed by atoms with E-state index < -0.39 is 6.04 Å². The zero-order valence-electron chi connectivity index (χ0n) is 15.0. The van der Waals surface area contributed by atoms with Crippen LogP contribution < -0.4 is 5.73 Å². The lowest BCUT2D eigenvalue weighted by atomic mass is 9.91. The van der Waals surface area contributed by atoms with Gasteiger partial charge in [0.05, 0.1) is 10.0 Å². The zero-order chi connectivity index (χ0) is 18.8. The summed E-state index contributed by atoms with van der Waals surface area (Å²) in [7, 11) is 0. The van der Waals surface area contributed by atoms with Gasteiger partial charge in [0.25, 0.3) is 5.91 Å². The second-order valence-electron chi connectivity index (χ2n) is 7.33. The lowest BCUT2D eigenvalue weighted by Gasteiger charge is -2.37. The van der Waals surface area contributed by atoms with Gasteiger partial charge in [0.2, 0.25) is 5.91 Å². The van der Waals surface area contributed by atoms with E-state index in [1.54, 1.807) is 23.1 Å². The molecule has 1 aromatic rings. The number of piperidine rings is 1. The van der Waals surface area contributed by atoms with Gasteiger partial charge in [-0.1, -0.05) is 23.2 Å². The topological polar surface area (TPSA) is 66.6 Å². The van der Waals surface area contributed by atoms with E-state index >= 15 is 0 Å². The Labute approximate surface area is 164 Å². The fourth-order valence-corrected chi connectivity index (χ4v) is 4.21. The van der Waals surface area contributed by atoms with Crippen molar-refractivity contribution in [2.45, 2.75) is 44.7 Å². The number of likely N-dealkylation sites (tertiary alicyclic amines) is 2. The third-order valence-corrected chi connectivity index (χ3v) is 6.22. The van der Waals surface area contributed by atoms with Crippen LogP contribution in [0, 0.1) is 5.92 Å². The second-order valence-corrected chi connectivity index (χ2v) is 8.15. The maximum atomic E-state index is 13.1. The minimum absolute atomic E-state index is 0.0428. The summed E-state index contributed by atoms with van der Waals surface area (Å²) in [6, 6.07) is 4.51. The van der Waals surface area contributed by atoms with Gasteiger partial charge in [-0.3, -0.25) is 9.59 Å². The van der Waals surface area contributed by atoms with Crippen LogP contribution in [-0.4, -0.2) is 53.3 Å². The summed E-state index contributed by atoms with van der Waals surface area (Å²) < 4.78 is 0. The Morgan fingerprint density at radius 2 is 1.88 bits per heavy atom. The maximum Gasteiger partial charge on any atom is 0.254 e. The Bertz CT molecular complexity index is 695. The molecule has 1 aromatic carbocycles. The molecule has 2 fully saturated rings. The Morgan fingerprint density at radius 3 is 2.58 bits per heavy atom. The van der Waals surface area contributed by atoms with Gasteiger partial charge in [-0.25, -0.2) is 0 Å². The molecule has 0 bridgehead atoms. The first-order valence-electron chi connectivity index (χ1n) is 9.19. The number of halogens is 2. The molecule has 2 saturated heterocycles. The molecule has 0 radical (unpaired) electrons. The molecule has 2 aliphatic rings. The molecule has 3 rings (SSSR count). The first-order valence-corrected chi connectivity index (χ1v) is 9.94. The number of benzene rings is 1. The smallest absolute Gasteiger partial charge is 0.254 e. The van der Waals surface area contributed by atoms with Crippen molar-refractivity contribution >= 4 is 35.0 Å². The zero-order valence-corrected chi connectivity index (χ0v) is 16.5. The van der Waals surface area contributed by atoms with Crippen LogP contribution in [0.25, 0.3) is 0 Å². The lowest BCUT2D eigenvalue weighted by Crippen LogP contribution is -2.52. The average Bonchev–Trinajstić information content (AvgIpc) is 3.12. The van der Waals surface area contributed by atoms with Crippen molar-refractivity contribution in [2.24, 2.45) is 11.7 Å². The van der Waals surface area contributed by atoms with Crippen molar-refractivity contribution in [3.63, 3.8) is 0 Å². The summed E-state index contributed by atoms with van der Waals surface area (Å²) >= 11 is 12.0. The molecule has 0 aliphatic carbocycles. The largest absolute Gasteiger partial charge is 0.341 e. The minimum Gasteiger partial charge on any atom is -0.341 e. The van der Waals surface area contributed by atoms with E-state index in [-0.39, 0.29) is 17.9 Å². The molecular formula is C19H25Cl2N3O2. The van der Waals surface area contributed by atoms with Crippen LogP contribution in [0.3, 0.4) is 0 Å². The van der Waals surface area contributed by atoms with Crippen LogP contribution in [0.15, 0.2) is 18.2 Å². The van der Waals surface area contributed by atoms with E-state index in [0.29, 0.717) is 41.0 Å². The average molecular weight is 398 g/mol. The molecular weight excluding hydrogens is 373 g/mol. The number of nitrogens with zero attached hydrogens (tertiary/aromatic N) is 2. The van der Waals surface area contributed by atoms with E-state index in [2.05, 4.69) is 0 Å². The highest BCUT2D eigenvalue weighted by Gasteiger charge is 2.38. The summed E-state index contributed by atoms with van der Waals surface area (Å²) in [5.74, 6) is 0.203. The van der Waals surface area contributed by atoms with E-state index in [1.165, 1.54) is 0 Å². The van der Waals surface area contributed by atoms with E-state index in [4.69, 9.17) is 28.9 Å². The van der Waals surface area contributed by atoms with E-state index in [1.807, 2.05) is 11.8 Å². The molecule has 2 aliphatic heterocycles. The van der Waals surface area contributed by atoms with Crippen molar-refractivity contribution < 1.29 is 9.59 Å².